The van der Waals surface area contributed by atoms with E-state index in [0.29, 0.717) is 11.8 Å². The maximum absolute atomic E-state index is 2.53. The van der Waals surface area contributed by atoms with Crippen molar-refractivity contribution < 1.29 is 0 Å². The molecule has 0 bridgehead atoms. The normalized spacial score (nSPS) is 17.4. The predicted molar refractivity (Wildman–Crippen MR) is 213 cm³/mol. The Kier molecular flexibility index (Phi) is 8.11. The summed E-state index contributed by atoms with van der Waals surface area (Å²) in [7, 11) is 0. The number of nitrogens with zero attached hydrogens (tertiary/aromatic N) is 1. The van der Waals surface area contributed by atoms with Crippen molar-refractivity contribution in [1.82, 2.24) is 0 Å². The lowest BCUT2D eigenvalue weighted by molar-refractivity contribution is 0.443. The van der Waals surface area contributed by atoms with E-state index in [2.05, 4.69) is 146 Å². The number of hydrogen-bond acceptors (Lipinski definition) is 1. The summed E-state index contributed by atoms with van der Waals surface area (Å²) in [5.74, 6) is 1.39. The minimum atomic E-state index is -0.122. The zero-order chi connectivity index (χ0) is 33.7. The molecule has 2 saturated carbocycles. The Morgan fingerprint density at radius 2 is 1.00 bits per heavy atom. The zero-order valence-corrected chi connectivity index (χ0v) is 29.8. The van der Waals surface area contributed by atoms with Crippen molar-refractivity contribution in [3.63, 3.8) is 0 Å². The van der Waals surface area contributed by atoms with Gasteiger partial charge in [-0.15, -0.1) is 0 Å². The number of benzene rings is 6. The molecule has 0 saturated heterocycles. The van der Waals surface area contributed by atoms with Gasteiger partial charge in [-0.1, -0.05) is 143 Å². The molecule has 0 heterocycles. The van der Waals surface area contributed by atoms with Crippen molar-refractivity contribution in [1.29, 1.82) is 0 Å². The largest absolute Gasteiger partial charge is 0.310 e. The lowest BCUT2D eigenvalue weighted by Crippen LogP contribution is -2.17. The molecule has 0 spiro atoms. The van der Waals surface area contributed by atoms with Crippen LogP contribution in [0.3, 0.4) is 0 Å². The Hall–Kier alpha value is -4.62. The van der Waals surface area contributed by atoms with Crippen LogP contribution in [0.1, 0.15) is 112 Å². The highest BCUT2D eigenvalue weighted by Crippen LogP contribution is 2.55. The number of fused-ring (bicyclic) bond motifs is 4. The second-order valence-corrected chi connectivity index (χ2v) is 15.8. The van der Waals surface area contributed by atoms with Gasteiger partial charge in [-0.25, -0.2) is 0 Å². The van der Waals surface area contributed by atoms with Crippen molar-refractivity contribution in [2.45, 2.75) is 95.3 Å². The average molecular weight is 652 g/mol. The zero-order valence-electron chi connectivity index (χ0n) is 29.8. The van der Waals surface area contributed by atoms with Crippen LogP contribution < -0.4 is 4.90 Å². The summed E-state index contributed by atoms with van der Waals surface area (Å²) in [5, 5.41) is 2.58. The second-order valence-electron chi connectivity index (χ2n) is 15.8. The summed E-state index contributed by atoms with van der Waals surface area (Å²) >= 11 is 0. The van der Waals surface area contributed by atoms with Crippen LogP contribution in [-0.2, 0) is 5.41 Å². The third-order valence-corrected chi connectivity index (χ3v) is 12.5. The molecule has 0 radical (unpaired) electrons. The minimum Gasteiger partial charge on any atom is -0.310 e. The Labute approximate surface area is 299 Å². The summed E-state index contributed by atoms with van der Waals surface area (Å²) in [5.41, 5.74) is 14.7. The van der Waals surface area contributed by atoms with E-state index in [1.165, 1.54) is 137 Å². The summed E-state index contributed by atoms with van der Waals surface area (Å²) in [6.45, 7) is 4.83. The fourth-order valence-electron chi connectivity index (χ4n) is 9.71. The maximum Gasteiger partial charge on any atom is 0.0471 e. The first-order chi connectivity index (χ1) is 24.6. The van der Waals surface area contributed by atoms with Gasteiger partial charge in [0.05, 0.1) is 0 Å². The summed E-state index contributed by atoms with van der Waals surface area (Å²) in [4.78, 5) is 2.53. The van der Waals surface area contributed by atoms with Crippen LogP contribution in [0.2, 0.25) is 0 Å². The smallest absolute Gasteiger partial charge is 0.0471 e. The molecular formula is C49H49N. The quantitative estimate of drug-likeness (QED) is 0.173. The predicted octanol–water partition coefficient (Wildman–Crippen LogP) is 14.4. The van der Waals surface area contributed by atoms with E-state index in [9.17, 15) is 0 Å². The Balaban J connectivity index is 1.25. The van der Waals surface area contributed by atoms with Crippen molar-refractivity contribution in [3.05, 3.63) is 150 Å². The van der Waals surface area contributed by atoms with E-state index in [4.69, 9.17) is 0 Å². The maximum atomic E-state index is 2.53. The molecule has 0 aromatic heterocycles. The molecule has 3 aliphatic carbocycles. The van der Waals surface area contributed by atoms with Crippen LogP contribution in [0.15, 0.2) is 127 Å². The monoisotopic (exact) mass is 651 g/mol. The Morgan fingerprint density at radius 1 is 0.460 bits per heavy atom. The van der Waals surface area contributed by atoms with Crippen LogP contribution >= 0.6 is 0 Å². The average Bonchev–Trinajstić information content (AvgIpc) is 3.41. The highest BCUT2D eigenvalue weighted by atomic mass is 15.1. The minimum absolute atomic E-state index is 0.122. The summed E-state index contributed by atoms with van der Waals surface area (Å²) in [6, 6.07) is 49.0. The van der Waals surface area contributed by atoms with E-state index < -0.39 is 0 Å². The molecule has 0 N–H and O–H groups in total. The molecular weight excluding hydrogens is 603 g/mol. The van der Waals surface area contributed by atoms with Crippen molar-refractivity contribution in [3.8, 4) is 22.3 Å². The number of rotatable bonds is 6. The first-order valence-corrected chi connectivity index (χ1v) is 19.3. The standard InChI is InChI=1S/C49H49N/c1-49(2)46-23-12-11-21-44(46)48-45(43-22-13-19-38-18-9-10-20-42(38)43)32-41(33-47(48)49)50(39-28-24-36(25-29-39)34-14-5-3-6-15-34)40-30-26-37(27-31-40)35-16-7-4-8-17-35/h9-13,18-35H,3-8,14-17H2,1-2H3. The third kappa shape index (κ3) is 5.47. The Bertz CT molecular complexity index is 2070. The number of anilines is 3. The molecule has 9 rings (SSSR count). The molecule has 6 aromatic carbocycles. The molecule has 50 heavy (non-hydrogen) atoms. The van der Waals surface area contributed by atoms with Crippen LogP contribution in [0, 0.1) is 0 Å². The molecule has 6 aromatic rings. The van der Waals surface area contributed by atoms with Crippen LogP contribution in [0.5, 0.6) is 0 Å². The first kappa shape index (κ1) is 31.4. The van der Waals surface area contributed by atoms with Gasteiger partial charge < -0.3 is 4.90 Å². The van der Waals surface area contributed by atoms with Gasteiger partial charge in [0.1, 0.15) is 0 Å². The summed E-state index contributed by atoms with van der Waals surface area (Å²) in [6.07, 6.45) is 13.5. The van der Waals surface area contributed by atoms with Gasteiger partial charge >= 0.3 is 0 Å². The fourth-order valence-corrected chi connectivity index (χ4v) is 9.71. The van der Waals surface area contributed by atoms with E-state index in [0.717, 1.165) is 0 Å². The number of hydrogen-bond donors (Lipinski definition) is 0. The van der Waals surface area contributed by atoms with Crippen molar-refractivity contribution >= 4 is 27.8 Å². The van der Waals surface area contributed by atoms with Crippen LogP contribution in [0.25, 0.3) is 33.0 Å². The van der Waals surface area contributed by atoms with Crippen LogP contribution in [-0.4, -0.2) is 0 Å². The van der Waals surface area contributed by atoms with Gasteiger partial charge in [-0.05, 0) is 129 Å². The molecule has 0 atom stereocenters. The summed E-state index contributed by atoms with van der Waals surface area (Å²) < 4.78 is 0. The first-order valence-electron chi connectivity index (χ1n) is 19.3. The fraction of sp³-hybridized carbons (Fsp3) is 0.306. The molecule has 250 valence electrons. The Morgan fingerprint density at radius 3 is 1.64 bits per heavy atom. The van der Waals surface area contributed by atoms with Crippen molar-refractivity contribution in [2.75, 3.05) is 4.90 Å². The van der Waals surface area contributed by atoms with E-state index in [1.807, 2.05) is 0 Å². The van der Waals surface area contributed by atoms with Gasteiger partial charge in [0.25, 0.3) is 0 Å². The SMILES string of the molecule is CC1(C)c2ccccc2-c2c(-c3cccc4ccccc34)cc(N(c3ccc(C4CCCCC4)cc3)c3ccc(C4CCCCC4)cc3)cc21. The van der Waals surface area contributed by atoms with Gasteiger partial charge in [-0.2, -0.15) is 0 Å². The highest BCUT2D eigenvalue weighted by Gasteiger charge is 2.38. The molecule has 0 amide bonds. The molecule has 2 fully saturated rings. The van der Waals surface area contributed by atoms with E-state index >= 15 is 0 Å². The van der Waals surface area contributed by atoms with Crippen LogP contribution in [0.4, 0.5) is 17.1 Å². The van der Waals surface area contributed by atoms with Crippen molar-refractivity contribution in [2.24, 2.45) is 0 Å². The van der Waals surface area contributed by atoms with Gasteiger partial charge in [0, 0.05) is 22.5 Å². The molecule has 0 aliphatic heterocycles. The third-order valence-electron chi connectivity index (χ3n) is 12.5. The molecule has 1 nitrogen and oxygen atoms in total. The molecule has 0 unspecified atom stereocenters. The highest BCUT2D eigenvalue weighted by molar-refractivity contribution is 6.04. The second kappa shape index (κ2) is 12.9. The van der Waals surface area contributed by atoms with Gasteiger partial charge in [-0.3, -0.25) is 0 Å². The molecule has 1 heteroatoms. The lowest BCUT2D eigenvalue weighted by Gasteiger charge is -2.30. The lowest BCUT2D eigenvalue weighted by atomic mass is 9.81. The molecule has 3 aliphatic rings. The topological polar surface area (TPSA) is 3.24 Å². The van der Waals surface area contributed by atoms with E-state index in [1.54, 1.807) is 0 Å². The van der Waals surface area contributed by atoms with Gasteiger partial charge in [0.15, 0.2) is 0 Å². The van der Waals surface area contributed by atoms with E-state index in [-0.39, 0.29) is 5.41 Å². The van der Waals surface area contributed by atoms with Gasteiger partial charge in [0.2, 0.25) is 0 Å².